The number of nitrogens with zero attached hydrogens (tertiary/aromatic N) is 4. The number of nitrogen functional groups attached to an aromatic ring is 1. The molecule has 1 aliphatic rings. The fraction of sp³-hybridized carbons (Fsp3) is 0.361. The number of carbonyl (C=O) groups is 1. The highest BCUT2D eigenvalue weighted by Gasteiger charge is 2.28. The summed E-state index contributed by atoms with van der Waals surface area (Å²) < 4.78 is 13.7. The molecule has 8 nitrogen and oxygen atoms in total. The molecule has 8 heteroatoms. The maximum Gasteiger partial charge on any atom is 0.310 e. The Morgan fingerprint density at radius 1 is 1.02 bits per heavy atom. The van der Waals surface area contributed by atoms with Crippen molar-refractivity contribution in [3.8, 4) is 16.9 Å². The van der Waals surface area contributed by atoms with Crippen LogP contribution in [0.5, 0.6) is 5.75 Å². The molecule has 0 atom stereocenters. The lowest BCUT2D eigenvalue weighted by molar-refractivity contribution is -0.142. The summed E-state index contributed by atoms with van der Waals surface area (Å²) in [5.41, 5.74) is 11.1. The van der Waals surface area contributed by atoms with Crippen LogP contribution in [0.25, 0.3) is 32.8 Å². The number of para-hydroxylation sites is 1. The summed E-state index contributed by atoms with van der Waals surface area (Å²) in [4.78, 5) is 19.0. The zero-order chi connectivity index (χ0) is 30.6. The lowest BCUT2D eigenvalue weighted by Gasteiger charge is -2.39. The Morgan fingerprint density at radius 3 is 2.59 bits per heavy atom. The fourth-order valence-corrected chi connectivity index (χ4v) is 6.01. The normalized spacial score (nSPS) is 13.9. The number of hydrogen-bond donors (Lipinski definition) is 1. The second kappa shape index (κ2) is 13.1. The number of rotatable bonds is 12. The first-order chi connectivity index (χ1) is 21.4. The third-order valence-electron chi connectivity index (χ3n) is 8.42. The van der Waals surface area contributed by atoms with E-state index in [9.17, 15) is 4.79 Å². The van der Waals surface area contributed by atoms with Crippen molar-refractivity contribution in [2.75, 3.05) is 32.0 Å². The quantitative estimate of drug-likeness (QED) is 0.166. The molecule has 0 saturated carbocycles. The summed E-state index contributed by atoms with van der Waals surface area (Å²) in [6, 6.07) is 22.4. The smallest absolute Gasteiger partial charge is 0.310 e. The van der Waals surface area contributed by atoms with E-state index in [0.29, 0.717) is 24.1 Å². The number of fused-ring (bicyclic) bond motifs is 2. The highest BCUT2D eigenvalue weighted by molar-refractivity contribution is 5.95. The van der Waals surface area contributed by atoms with Crippen molar-refractivity contribution >= 4 is 33.5 Å². The van der Waals surface area contributed by atoms with Gasteiger partial charge in [0.25, 0.3) is 0 Å². The summed E-state index contributed by atoms with van der Waals surface area (Å²) in [5, 5.41) is 8.15. The Morgan fingerprint density at radius 2 is 1.80 bits per heavy atom. The van der Waals surface area contributed by atoms with E-state index in [2.05, 4.69) is 64.8 Å². The predicted octanol–water partition coefficient (Wildman–Crippen LogP) is 6.50. The third-order valence-corrected chi connectivity index (χ3v) is 8.42. The van der Waals surface area contributed by atoms with Crippen LogP contribution in [0.3, 0.4) is 0 Å². The number of pyridine rings is 1. The van der Waals surface area contributed by atoms with Gasteiger partial charge in [-0.25, -0.2) is 4.98 Å². The van der Waals surface area contributed by atoms with Gasteiger partial charge in [-0.3, -0.25) is 9.48 Å². The molecule has 2 N–H and O–H groups in total. The maximum absolute atomic E-state index is 12.2. The van der Waals surface area contributed by atoms with E-state index in [4.69, 9.17) is 20.3 Å². The van der Waals surface area contributed by atoms with E-state index in [1.54, 1.807) is 6.20 Å². The summed E-state index contributed by atoms with van der Waals surface area (Å²) >= 11 is 0. The molecule has 0 unspecified atom stereocenters. The van der Waals surface area contributed by atoms with Gasteiger partial charge in [0.2, 0.25) is 0 Å². The van der Waals surface area contributed by atoms with E-state index < -0.39 is 0 Å². The fourth-order valence-electron chi connectivity index (χ4n) is 6.01. The number of nitrogens with two attached hydrogens (primary N) is 1. The lowest BCUT2D eigenvalue weighted by atomic mass is 9.98. The zero-order valence-electron chi connectivity index (χ0n) is 25.8. The van der Waals surface area contributed by atoms with Crippen molar-refractivity contribution in [3.05, 3.63) is 84.2 Å². The molecule has 0 aliphatic carbocycles. The molecule has 2 aromatic heterocycles. The lowest BCUT2D eigenvalue weighted by Crippen LogP contribution is -2.48. The number of aromatic nitrogens is 3. The third kappa shape index (κ3) is 6.55. The molecule has 0 radical (unpaired) electrons. The molecule has 228 valence electrons. The van der Waals surface area contributed by atoms with Crippen LogP contribution in [-0.2, 0) is 29.1 Å². The van der Waals surface area contributed by atoms with Crippen molar-refractivity contribution in [2.24, 2.45) is 11.8 Å². The van der Waals surface area contributed by atoms with Crippen LogP contribution in [-0.4, -0.2) is 51.9 Å². The maximum atomic E-state index is 12.2. The minimum atomic E-state index is -0.267. The van der Waals surface area contributed by atoms with Crippen LogP contribution in [0.15, 0.2) is 72.9 Å². The molecule has 44 heavy (non-hydrogen) atoms. The minimum absolute atomic E-state index is 0.165. The van der Waals surface area contributed by atoms with Crippen molar-refractivity contribution in [1.82, 2.24) is 19.7 Å². The van der Waals surface area contributed by atoms with Gasteiger partial charge < -0.3 is 20.1 Å². The number of carbonyl (C=O) groups excluding carboxylic acids is 1. The van der Waals surface area contributed by atoms with E-state index in [1.807, 2.05) is 37.3 Å². The van der Waals surface area contributed by atoms with Gasteiger partial charge in [-0.15, -0.1) is 0 Å². The Balaban J connectivity index is 1.29. The van der Waals surface area contributed by atoms with Crippen LogP contribution < -0.4 is 10.5 Å². The SMILES string of the molecule is CCOC(=O)Cc1ccccc1OCc1nn(CC2CN(CCC(C)C)C2)c2ccc(-c3ccc4ccnc(N)c4c3)cc12. The van der Waals surface area contributed by atoms with Gasteiger partial charge >= 0.3 is 5.97 Å². The van der Waals surface area contributed by atoms with Gasteiger partial charge in [-0.1, -0.05) is 50.2 Å². The molecule has 1 fully saturated rings. The number of likely N-dealkylation sites (tertiary alicyclic amines) is 1. The van der Waals surface area contributed by atoms with Gasteiger partial charge in [0.15, 0.2) is 0 Å². The van der Waals surface area contributed by atoms with Crippen molar-refractivity contribution in [2.45, 2.75) is 46.8 Å². The van der Waals surface area contributed by atoms with Crippen LogP contribution in [0.1, 0.15) is 38.4 Å². The number of anilines is 1. The van der Waals surface area contributed by atoms with Gasteiger partial charge in [0.1, 0.15) is 23.9 Å². The largest absolute Gasteiger partial charge is 0.487 e. The van der Waals surface area contributed by atoms with E-state index in [-0.39, 0.29) is 19.0 Å². The second-order valence-corrected chi connectivity index (χ2v) is 12.2. The number of ether oxygens (including phenoxy) is 2. The van der Waals surface area contributed by atoms with Crippen LogP contribution in [0.4, 0.5) is 5.82 Å². The van der Waals surface area contributed by atoms with Crippen LogP contribution >= 0.6 is 0 Å². The molecule has 0 spiro atoms. The van der Waals surface area contributed by atoms with Crippen LogP contribution in [0, 0.1) is 11.8 Å². The number of benzene rings is 3. The van der Waals surface area contributed by atoms with Crippen molar-refractivity contribution < 1.29 is 14.3 Å². The highest BCUT2D eigenvalue weighted by atomic mass is 16.5. The Labute approximate surface area is 258 Å². The number of hydrogen-bond acceptors (Lipinski definition) is 7. The topological polar surface area (TPSA) is 95.5 Å². The highest BCUT2D eigenvalue weighted by Crippen LogP contribution is 2.32. The van der Waals surface area contributed by atoms with Crippen molar-refractivity contribution in [3.63, 3.8) is 0 Å². The molecular weight excluding hydrogens is 550 g/mol. The molecule has 3 heterocycles. The first-order valence-corrected chi connectivity index (χ1v) is 15.6. The Hall–Kier alpha value is -4.43. The van der Waals surface area contributed by atoms with E-state index in [0.717, 1.165) is 76.2 Å². The molecule has 3 aromatic carbocycles. The monoisotopic (exact) mass is 591 g/mol. The summed E-state index contributed by atoms with van der Waals surface area (Å²) in [6.07, 6.45) is 3.13. The van der Waals surface area contributed by atoms with E-state index in [1.165, 1.54) is 6.42 Å². The van der Waals surface area contributed by atoms with Crippen LogP contribution in [0.2, 0.25) is 0 Å². The van der Waals surface area contributed by atoms with Gasteiger partial charge in [-0.05, 0) is 72.7 Å². The van der Waals surface area contributed by atoms with Gasteiger partial charge in [0, 0.05) is 48.1 Å². The average molecular weight is 592 g/mol. The minimum Gasteiger partial charge on any atom is -0.487 e. The first kappa shape index (κ1) is 29.6. The Kier molecular flexibility index (Phi) is 8.79. The molecule has 0 amide bonds. The standard InChI is InChI=1S/C36H41N5O3/c1-4-43-35(42)19-29-7-5-6-8-34(29)44-23-32-31-18-28(27-10-9-26-13-15-38-36(37)30(26)17-27)11-12-33(31)41(39-32)22-25-20-40(21-25)16-14-24(2)3/h5-13,15,17-18,24-25H,4,14,16,19-23H2,1-3H3,(H2,37,38). The molecule has 0 bridgehead atoms. The van der Waals surface area contributed by atoms with E-state index >= 15 is 0 Å². The zero-order valence-corrected chi connectivity index (χ0v) is 25.8. The average Bonchev–Trinajstić information content (AvgIpc) is 3.34. The van der Waals surface area contributed by atoms with Gasteiger partial charge in [0.05, 0.1) is 18.5 Å². The summed E-state index contributed by atoms with van der Waals surface area (Å²) in [5.74, 6) is 2.21. The predicted molar refractivity (Wildman–Crippen MR) is 175 cm³/mol. The number of esters is 1. The second-order valence-electron chi connectivity index (χ2n) is 12.2. The molecule has 1 saturated heterocycles. The van der Waals surface area contributed by atoms with Crippen molar-refractivity contribution in [1.29, 1.82) is 0 Å². The van der Waals surface area contributed by atoms with Gasteiger partial charge in [-0.2, -0.15) is 5.10 Å². The first-order valence-electron chi connectivity index (χ1n) is 15.6. The molecule has 6 rings (SSSR count). The summed E-state index contributed by atoms with van der Waals surface area (Å²) in [6.45, 7) is 11.2. The summed E-state index contributed by atoms with van der Waals surface area (Å²) in [7, 11) is 0. The molecular formula is C36H41N5O3. The molecule has 1 aliphatic heterocycles. The Bertz CT molecular complexity index is 1770. The molecule has 5 aromatic rings.